The van der Waals surface area contributed by atoms with Gasteiger partial charge in [-0.2, -0.15) is 5.10 Å². The second kappa shape index (κ2) is 5.08. The summed E-state index contributed by atoms with van der Waals surface area (Å²) in [7, 11) is 1.59. The Morgan fingerprint density at radius 2 is 2.35 bits per heavy atom. The lowest BCUT2D eigenvalue weighted by Gasteiger charge is -2.15. The van der Waals surface area contributed by atoms with Gasteiger partial charge in [-0.1, -0.05) is 24.4 Å². The fraction of sp³-hybridized carbons (Fsp3) is 0.667. The topological polar surface area (TPSA) is 46.9 Å². The van der Waals surface area contributed by atoms with E-state index in [1.54, 1.807) is 13.2 Å². The molecule has 0 aliphatic heterocycles. The van der Waals surface area contributed by atoms with E-state index in [9.17, 15) is 4.79 Å². The molecule has 17 heavy (non-hydrogen) atoms. The van der Waals surface area contributed by atoms with E-state index in [2.05, 4.69) is 17.3 Å². The summed E-state index contributed by atoms with van der Waals surface area (Å²) in [6.07, 6.45) is 6.72. The molecule has 94 valence electrons. The zero-order valence-corrected chi connectivity index (χ0v) is 11.0. The zero-order valence-electron chi connectivity index (χ0n) is 10.2. The van der Waals surface area contributed by atoms with E-state index in [1.807, 2.05) is 0 Å². The molecule has 0 bridgehead atoms. The molecule has 5 heteroatoms. The maximum Gasteiger partial charge on any atom is 0.287 e. The van der Waals surface area contributed by atoms with Crippen molar-refractivity contribution in [2.45, 2.75) is 38.6 Å². The molecule has 0 aromatic carbocycles. The maximum absolute atomic E-state index is 11.6. The first-order chi connectivity index (χ1) is 8.08. The predicted octanol–water partition coefficient (Wildman–Crippen LogP) is 2.42. The standard InChI is InChI=1S/C12H18ClN3O/c1-8(3-4-9-5-6-9)15-10-7-14-16(2)12(17)11(10)13/h7-9,15H,3-6H2,1-2H3. The van der Waals surface area contributed by atoms with Gasteiger partial charge in [0.25, 0.3) is 5.56 Å². The Morgan fingerprint density at radius 3 is 3.00 bits per heavy atom. The van der Waals surface area contributed by atoms with E-state index in [0.717, 1.165) is 12.3 Å². The molecule has 0 spiro atoms. The highest BCUT2D eigenvalue weighted by atomic mass is 35.5. The van der Waals surface area contributed by atoms with Crippen LogP contribution < -0.4 is 10.9 Å². The molecule has 1 heterocycles. The molecule has 2 rings (SSSR count). The van der Waals surface area contributed by atoms with Crippen molar-refractivity contribution in [2.75, 3.05) is 5.32 Å². The zero-order chi connectivity index (χ0) is 12.4. The largest absolute Gasteiger partial charge is 0.380 e. The van der Waals surface area contributed by atoms with Crippen LogP contribution in [0.1, 0.15) is 32.6 Å². The summed E-state index contributed by atoms with van der Waals surface area (Å²) in [5.74, 6) is 0.927. The number of hydrogen-bond donors (Lipinski definition) is 1. The monoisotopic (exact) mass is 255 g/mol. The molecule has 1 atom stereocenters. The van der Waals surface area contributed by atoms with E-state index in [4.69, 9.17) is 11.6 Å². The van der Waals surface area contributed by atoms with Gasteiger partial charge >= 0.3 is 0 Å². The normalized spacial score (nSPS) is 16.9. The summed E-state index contributed by atoms with van der Waals surface area (Å²) in [5, 5.41) is 7.43. The Kier molecular flexibility index (Phi) is 3.72. The highest BCUT2D eigenvalue weighted by molar-refractivity contribution is 6.32. The van der Waals surface area contributed by atoms with Crippen molar-refractivity contribution in [1.82, 2.24) is 9.78 Å². The molecule has 1 fully saturated rings. The minimum absolute atomic E-state index is 0.223. The van der Waals surface area contributed by atoms with Gasteiger partial charge in [-0.05, 0) is 25.7 Å². The highest BCUT2D eigenvalue weighted by Crippen LogP contribution is 2.34. The van der Waals surface area contributed by atoms with Crippen LogP contribution in [-0.4, -0.2) is 15.8 Å². The van der Waals surface area contributed by atoms with Crippen LogP contribution in [0.15, 0.2) is 11.0 Å². The number of nitrogens with one attached hydrogen (secondary N) is 1. The summed E-state index contributed by atoms with van der Waals surface area (Å²) in [6.45, 7) is 2.11. The molecule has 1 N–H and O–H groups in total. The third-order valence-electron chi connectivity index (χ3n) is 3.18. The number of anilines is 1. The third kappa shape index (κ3) is 3.22. The molecule has 0 radical (unpaired) electrons. The van der Waals surface area contributed by atoms with Gasteiger partial charge < -0.3 is 5.32 Å². The van der Waals surface area contributed by atoms with Crippen LogP contribution in [0, 0.1) is 5.92 Å². The summed E-state index contributed by atoms with van der Waals surface area (Å²) >= 11 is 5.98. The summed E-state index contributed by atoms with van der Waals surface area (Å²) in [4.78, 5) is 11.6. The van der Waals surface area contributed by atoms with Gasteiger partial charge in [-0.15, -0.1) is 0 Å². The quantitative estimate of drug-likeness (QED) is 0.879. The van der Waals surface area contributed by atoms with Crippen molar-refractivity contribution in [2.24, 2.45) is 13.0 Å². The van der Waals surface area contributed by atoms with Crippen LogP contribution in [0.5, 0.6) is 0 Å². The average Bonchev–Trinajstić information content (AvgIpc) is 3.11. The van der Waals surface area contributed by atoms with Gasteiger partial charge in [-0.3, -0.25) is 4.79 Å². The lowest BCUT2D eigenvalue weighted by atomic mass is 10.1. The molecule has 1 aliphatic rings. The van der Waals surface area contributed by atoms with E-state index >= 15 is 0 Å². The highest BCUT2D eigenvalue weighted by Gasteiger charge is 2.21. The number of halogens is 1. The fourth-order valence-electron chi connectivity index (χ4n) is 1.84. The van der Waals surface area contributed by atoms with Crippen molar-refractivity contribution in [3.05, 3.63) is 21.6 Å². The number of rotatable bonds is 5. The summed E-state index contributed by atoms with van der Waals surface area (Å²) in [6, 6.07) is 0.321. The minimum atomic E-state index is -0.258. The van der Waals surface area contributed by atoms with Crippen LogP contribution >= 0.6 is 11.6 Å². The molecule has 1 aromatic rings. The van der Waals surface area contributed by atoms with Crippen molar-refractivity contribution in [3.8, 4) is 0 Å². The molecular formula is C12H18ClN3O. The van der Waals surface area contributed by atoms with Crippen molar-refractivity contribution >= 4 is 17.3 Å². The minimum Gasteiger partial charge on any atom is -0.380 e. The first kappa shape index (κ1) is 12.4. The average molecular weight is 256 g/mol. The lowest BCUT2D eigenvalue weighted by Crippen LogP contribution is -2.23. The Labute approximate surface area is 106 Å². The third-order valence-corrected chi connectivity index (χ3v) is 3.55. The fourth-order valence-corrected chi connectivity index (χ4v) is 2.07. The Bertz CT molecular complexity index is 454. The Morgan fingerprint density at radius 1 is 1.65 bits per heavy atom. The smallest absolute Gasteiger partial charge is 0.287 e. The number of nitrogens with zero attached hydrogens (tertiary/aromatic N) is 2. The Hall–Kier alpha value is -1.03. The molecule has 0 saturated heterocycles. The first-order valence-electron chi connectivity index (χ1n) is 6.06. The van der Waals surface area contributed by atoms with Gasteiger partial charge in [0.2, 0.25) is 0 Å². The molecule has 1 unspecified atom stereocenters. The van der Waals surface area contributed by atoms with E-state index in [0.29, 0.717) is 11.7 Å². The van der Waals surface area contributed by atoms with Crippen LogP contribution in [0.4, 0.5) is 5.69 Å². The van der Waals surface area contributed by atoms with Crippen LogP contribution in [0.3, 0.4) is 0 Å². The van der Waals surface area contributed by atoms with Crippen molar-refractivity contribution in [1.29, 1.82) is 0 Å². The van der Waals surface area contributed by atoms with E-state index < -0.39 is 0 Å². The predicted molar refractivity (Wildman–Crippen MR) is 69.5 cm³/mol. The molecule has 1 saturated carbocycles. The van der Waals surface area contributed by atoms with Gasteiger partial charge in [0.05, 0.1) is 11.9 Å². The van der Waals surface area contributed by atoms with Gasteiger partial charge in [0, 0.05) is 13.1 Å². The summed E-state index contributed by atoms with van der Waals surface area (Å²) in [5.41, 5.74) is 0.379. The van der Waals surface area contributed by atoms with Crippen LogP contribution in [-0.2, 0) is 7.05 Å². The number of hydrogen-bond acceptors (Lipinski definition) is 3. The van der Waals surface area contributed by atoms with Gasteiger partial charge in [0.15, 0.2) is 0 Å². The SMILES string of the molecule is CC(CCC1CC1)Nc1cnn(C)c(=O)c1Cl. The molecule has 0 amide bonds. The first-order valence-corrected chi connectivity index (χ1v) is 6.44. The van der Waals surface area contributed by atoms with Gasteiger partial charge in [-0.25, -0.2) is 4.68 Å². The summed E-state index contributed by atoms with van der Waals surface area (Å²) < 4.78 is 1.24. The molecule has 1 aromatic heterocycles. The second-order valence-corrected chi connectivity index (χ2v) is 5.25. The second-order valence-electron chi connectivity index (χ2n) is 4.87. The molecule has 4 nitrogen and oxygen atoms in total. The number of aryl methyl sites for hydroxylation is 1. The Balaban J connectivity index is 1.97. The van der Waals surface area contributed by atoms with Gasteiger partial charge in [0.1, 0.15) is 5.02 Å². The van der Waals surface area contributed by atoms with Crippen molar-refractivity contribution in [3.63, 3.8) is 0 Å². The number of aromatic nitrogens is 2. The van der Waals surface area contributed by atoms with Crippen LogP contribution in [0.25, 0.3) is 0 Å². The molecular weight excluding hydrogens is 238 g/mol. The lowest BCUT2D eigenvalue weighted by molar-refractivity contribution is 0.609. The van der Waals surface area contributed by atoms with Crippen LogP contribution in [0.2, 0.25) is 5.02 Å². The van der Waals surface area contributed by atoms with E-state index in [-0.39, 0.29) is 10.6 Å². The molecule has 1 aliphatic carbocycles. The maximum atomic E-state index is 11.6. The van der Waals surface area contributed by atoms with Crippen molar-refractivity contribution < 1.29 is 0 Å². The van der Waals surface area contributed by atoms with E-state index in [1.165, 1.54) is 23.9 Å².